The molecule has 2 aromatic rings. The van der Waals surface area contributed by atoms with Crippen molar-refractivity contribution in [2.24, 2.45) is 0 Å². The minimum absolute atomic E-state index is 0.00248. The number of aromatic nitrogens is 3. The predicted molar refractivity (Wildman–Crippen MR) is 89.7 cm³/mol. The summed E-state index contributed by atoms with van der Waals surface area (Å²) < 4.78 is 33.3. The van der Waals surface area contributed by atoms with Crippen LogP contribution in [0.25, 0.3) is 0 Å². The Balaban J connectivity index is 0.000000254. The first-order valence-corrected chi connectivity index (χ1v) is 8.02. The topological polar surface area (TPSA) is 38.7 Å². The molecular weight excluding hydrogens is 456 g/mol. The molecule has 0 radical (unpaired) electrons. The van der Waals surface area contributed by atoms with Gasteiger partial charge in [-0.3, -0.25) is 0 Å². The van der Waals surface area contributed by atoms with Crippen molar-refractivity contribution in [3.63, 3.8) is 0 Å². The Labute approximate surface area is 165 Å². The van der Waals surface area contributed by atoms with Crippen molar-refractivity contribution < 1.29 is 13.2 Å². The van der Waals surface area contributed by atoms with Crippen LogP contribution in [0.15, 0.2) is 36.9 Å². The number of rotatable bonds is 0. The summed E-state index contributed by atoms with van der Waals surface area (Å²) in [6.07, 6.45) is -1.89. The molecule has 0 spiro atoms. The molecule has 0 bridgehead atoms. The molecule has 0 unspecified atom stereocenters. The lowest BCUT2D eigenvalue weighted by Gasteiger charge is -2.13. The van der Waals surface area contributed by atoms with E-state index in [0.29, 0.717) is 0 Å². The Morgan fingerprint density at radius 3 is 1.62 bits per heavy atom. The van der Waals surface area contributed by atoms with Gasteiger partial charge < -0.3 is 0 Å². The van der Waals surface area contributed by atoms with E-state index in [2.05, 4.69) is 15.0 Å². The van der Waals surface area contributed by atoms with Crippen molar-refractivity contribution in [3.8, 4) is 0 Å². The molecule has 0 N–H and O–H groups in total. The van der Waals surface area contributed by atoms with Crippen molar-refractivity contribution >= 4 is 69.6 Å². The third-order valence-corrected chi connectivity index (χ3v) is 3.43. The quantitative estimate of drug-likeness (QED) is 0.436. The number of hydrogen-bond donors (Lipinski definition) is 0. The average molecular weight is 462 g/mol. The predicted octanol–water partition coefficient (Wildman–Crippen LogP) is 6.23. The Morgan fingerprint density at radius 2 is 1.25 bits per heavy atom. The van der Waals surface area contributed by atoms with Gasteiger partial charge in [0.2, 0.25) is 7.59 Å². The Hall–Kier alpha value is -0.240. The second kappa shape index (κ2) is 8.43. The van der Waals surface area contributed by atoms with Gasteiger partial charge in [0.1, 0.15) is 12.7 Å². The first-order chi connectivity index (χ1) is 10.8. The first-order valence-electron chi connectivity index (χ1n) is 5.75. The third kappa shape index (κ3) is 7.33. The van der Waals surface area contributed by atoms with Gasteiger partial charge in [0.25, 0.3) is 0 Å². The summed E-state index contributed by atoms with van der Waals surface area (Å²) in [6, 6.07) is 4.25. The summed E-state index contributed by atoms with van der Waals surface area (Å²) in [5.41, 5.74) is -0.835. The van der Waals surface area contributed by atoms with Gasteiger partial charge in [-0.15, -0.1) is 0 Å². The molecule has 0 saturated heterocycles. The van der Waals surface area contributed by atoms with Crippen LogP contribution in [0.2, 0.25) is 0 Å². The molecule has 0 fully saturated rings. The van der Waals surface area contributed by atoms with E-state index >= 15 is 0 Å². The number of hydrogen-bond acceptors (Lipinski definition) is 3. The Bertz CT molecular complexity index is 626. The molecule has 0 atom stereocenters. The minimum atomic E-state index is -4.42. The van der Waals surface area contributed by atoms with E-state index in [1.54, 1.807) is 0 Å². The summed E-state index contributed by atoms with van der Waals surface area (Å²) in [7, 11) is 0. The van der Waals surface area contributed by atoms with Crippen LogP contribution < -0.4 is 0 Å². The van der Waals surface area contributed by atoms with Crippen molar-refractivity contribution in [1.29, 1.82) is 0 Å². The molecule has 1 heterocycles. The van der Waals surface area contributed by atoms with Gasteiger partial charge in [0, 0.05) is 5.56 Å². The summed E-state index contributed by atoms with van der Waals surface area (Å²) in [4.78, 5) is 10.8. The fraction of sp³-hybridized carbons (Fsp3) is 0.250. The van der Waals surface area contributed by atoms with E-state index in [1.165, 1.54) is 24.8 Å². The lowest BCUT2D eigenvalue weighted by molar-refractivity contribution is -0.137. The second-order valence-electron chi connectivity index (χ2n) is 4.04. The highest BCUT2D eigenvalue weighted by molar-refractivity contribution is 6.67. The van der Waals surface area contributed by atoms with Crippen LogP contribution in [-0.4, -0.2) is 15.0 Å². The maximum absolute atomic E-state index is 12.2. The molecule has 132 valence electrons. The van der Waals surface area contributed by atoms with Gasteiger partial charge in [-0.25, -0.2) is 15.0 Å². The molecule has 3 nitrogen and oxygen atoms in total. The zero-order chi connectivity index (χ0) is 18.6. The number of halogens is 9. The maximum atomic E-state index is 12.2. The molecule has 0 saturated carbocycles. The largest absolute Gasteiger partial charge is 0.416 e. The van der Waals surface area contributed by atoms with Crippen LogP contribution in [0.4, 0.5) is 13.2 Å². The van der Waals surface area contributed by atoms with Crippen LogP contribution in [-0.2, 0) is 13.8 Å². The van der Waals surface area contributed by atoms with E-state index in [1.807, 2.05) is 0 Å². The summed E-state index contributed by atoms with van der Waals surface area (Å²) in [5, 5.41) is 0. The van der Waals surface area contributed by atoms with Crippen molar-refractivity contribution in [3.05, 3.63) is 53.9 Å². The molecule has 0 aliphatic carbocycles. The van der Waals surface area contributed by atoms with Gasteiger partial charge in [0.05, 0.1) is 5.56 Å². The van der Waals surface area contributed by atoms with Crippen LogP contribution in [0.5, 0.6) is 0 Å². The zero-order valence-electron chi connectivity index (χ0n) is 11.2. The molecule has 1 aromatic heterocycles. The fourth-order valence-corrected chi connectivity index (χ4v) is 1.90. The molecule has 12 heteroatoms. The molecular formula is C12H6Cl6F3N3. The van der Waals surface area contributed by atoms with Gasteiger partial charge in [-0.1, -0.05) is 81.7 Å². The van der Waals surface area contributed by atoms with Gasteiger partial charge in [-0.2, -0.15) is 13.2 Å². The number of benzene rings is 1. The summed E-state index contributed by atoms with van der Waals surface area (Å²) in [6.45, 7) is 0. The lowest BCUT2D eigenvalue weighted by atomic mass is 10.1. The van der Waals surface area contributed by atoms with Gasteiger partial charge >= 0.3 is 6.18 Å². The third-order valence-electron chi connectivity index (χ3n) is 2.26. The highest BCUT2D eigenvalue weighted by atomic mass is 35.6. The van der Waals surface area contributed by atoms with Crippen LogP contribution >= 0.6 is 69.6 Å². The maximum Gasteiger partial charge on any atom is 0.416 e. The molecule has 0 aliphatic heterocycles. The van der Waals surface area contributed by atoms with E-state index in [4.69, 9.17) is 69.6 Å². The van der Waals surface area contributed by atoms with Crippen LogP contribution in [0, 0.1) is 0 Å². The fourth-order valence-electron chi connectivity index (χ4n) is 1.26. The minimum Gasteiger partial charge on any atom is -0.225 e. The smallest absolute Gasteiger partial charge is 0.225 e. The molecule has 2 rings (SSSR count). The summed E-state index contributed by atoms with van der Waals surface area (Å²) >= 11 is 32.6. The monoisotopic (exact) mass is 459 g/mol. The van der Waals surface area contributed by atoms with E-state index in [9.17, 15) is 13.2 Å². The lowest BCUT2D eigenvalue weighted by Crippen LogP contribution is -2.08. The Kier molecular flexibility index (Phi) is 7.66. The van der Waals surface area contributed by atoms with Gasteiger partial charge in [0.15, 0.2) is 5.82 Å². The molecule has 0 aliphatic rings. The van der Waals surface area contributed by atoms with E-state index in [0.717, 1.165) is 12.1 Å². The SMILES string of the molecule is ClC(Cl)(Cl)c1ncncn1.FC(F)(F)c1cccc(C(Cl)(Cl)Cl)c1. The molecule has 0 amide bonds. The highest BCUT2D eigenvalue weighted by Gasteiger charge is 2.32. The van der Waals surface area contributed by atoms with E-state index in [-0.39, 0.29) is 11.4 Å². The zero-order valence-corrected chi connectivity index (χ0v) is 15.7. The summed E-state index contributed by atoms with van der Waals surface area (Å²) in [5.74, 6) is 0.132. The number of alkyl halides is 9. The van der Waals surface area contributed by atoms with Crippen LogP contribution in [0.1, 0.15) is 17.0 Å². The normalized spacial score (nSPS) is 12.4. The first kappa shape index (κ1) is 21.8. The Morgan fingerprint density at radius 1 is 0.750 bits per heavy atom. The van der Waals surface area contributed by atoms with Crippen molar-refractivity contribution in [2.75, 3.05) is 0 Å². The average Bonchev–Trinajstić information content (AvgIpc) is 2.46. The molecule has 24 heavy (non-hydrogen) atoms. The highest BCUT2D eigenvalue weighted by Crippen LogP contribution is 2.40. The van der Waals surface area contributed by atoms with Crippen molar-refractivity contribution in [1.82, 2.24) is 15.0 Å². The van der Waals surface area contributed by atoms with Crippen molar-refractivity contribution in [2.45, 2.75) is 13.8 Å². The standard InChI is InChI=1S/C8H4Cl3F3.C4H2Cl3N3/c9-7(10,11)5-2-1-3-6(4-5)8(12,13)14;5-4(6,7)3-9-1-8-2-10-3/h1-4H;1-2H. The van der Waals surface area contributed by atoms with Crippen LogP contribution in [0.3, 0.4) is 0 Å². The van der Waals surface area contributed by atoms with E-state index < -0.39 is 19.3 Å². The van der Waals surface area contributed by atoms with Gasteiger partial charge in [-0.05, 0) is 12.1 Å². The number of nitrogens with zero attached hydrogens (tertiary/aromatic N) is 3. The molecule has 1 aromatic carbocycles. The second-order valence-corrected chi connectivity index (χ2v) is 8.60.